The van der Waals surface area contributed by atoms with Crippen LogP contribution in [0.5, 0.6) is 5.75 Å². The van der Waals surface area contributed by atoms with Gasteiger partial charge in [0.15, 0.2) is 0 Å². The summed E-state index contributed by atoms with van der Waals surface area (Å²) >= 11 is 0. The average Bonchev–Trinajstić information content (AvgIpc) is 3.14. The number of imidazole rings is 1. The Morgan fingerprint density at radius 2 is 1.89 bits per heavy atom. The lowest BCUT2D eigenvalue weighted by molar-refractivity contribution is -0.0498. The molecule has 0 aliphatic rings. The summed E-state index contributed by atoms with van der Waals surface area (Å²) in [6.07, 6.45) is 1.56. The zero-order valence-electron chi connectivity index (χ0n) is 14.3. The summed E-state index contributed by atoms with van der Waals surface area (Å²) < 4.78 is 29.0. The van der Waals surface area contributed by atoms with Crippen LogP contribution in [0.25, 0.3) is 11.0 Å². The lowest BCUT2D eigenvalue weighted by Crippen LogP contribution is -2.36. The SMILES string of the molecule is O=c1c(NCc2cccc(OC(F)F)c2)c(Nc2ccc3nc[nH]c3c2)c1=O. The van der Waals surface area contributed by atoms with E-state index in [9.17, 15) is 18.4 Å². The van der Waals surface area contributed by atoms with Crippen molar-refractivity contribution in [3.8, 4) is 5.75 Å². The summed E-state index contributed by atoms with van der Waals surface area (Å²) in [6, 6.07) is 11.4. The van der Waals surface area contributed by atoms with E-state index in [1.165, 1.54) is 12.1 Å². The number of nitrogens with one attached hydrogen (secondary N) is 3. The van der Waals surface area contributed by atoms with Gasteiger partial charge in [-0.15, -0.1) is 0 Å². The van der Waals surface area contributed by atoms with Crippen LogP contribution < -0.4 is 26.2 Å². The van der Waals surface area contributed by atoms with E-state index in [0.29, 0.717) is 11.3 Å². The van der Waals surface area contributed by atoms with E-state index in [1.54, 1.807) is 36.7 Å². The molecule has 3 N–H and O–H groups in total. The van der Waals surface area contributed by atoms with Crippen molar-refractivity contribution in [2.24, 2.45) is 0 Å². The fraction of sp³-hybridized carbons (Fsp3) is 0.105. The van der Waals surface area contributed by atoms with E-state index >= 15 is 0 Å². The maximum Gasteiger partial charge on any atom is 0.387 e. The molecule has 1 heterocycles. The quantitative estimate of drug-likeness (QED) is 0.424. The third kappa shape index (κ3) is 3.41. The molecule has 3 aromatic carbocycles. The van der Waals surface area contributed by atoms with Crippen LogP contribution in [0.3, 0.4) is 0 Å². The van der Waals surface area contributed by atoms with Gasteiger partial charge >= 0.3 is 6.61 Å². The number of benzene rings is 2. The minimum atomic E-state index is -2.92. The summed E-state index contributed by atoms with van der Waals surface area (Å²) in [4.78, 5) is 30.9. The van der Waals surface area contributed by atoms with Gasteiger partial charge < -0.3 is 20.4 Å². The van der Waals surface area contributed by atoms with Crippen LogP contribution in [-0.4, -0.2) is 16.6 Å². The van der Waals surface area contributed by atoms with Gasteiger partial charge in [-0.1, -0.05) is 12.1 Å². The van der Waals surface area contributed by atoms with E-state index in [2.05, 4.69) is 25.3 Å². The number of fused-ring (bicyclic) bond motifs is 1. The zero-order valence-corrected chi connectivity index (χ0v) is 14.3. The number of anilines is 3. The van der Waals surface area contributed by atoms with E-state index in [-0.39, 0.29) is 23.7 Å². The first-order valence-corrected chi connectivity index (χ1v) is 8.32. The molecule has 0 bridgehead atoms. The molecule has 0 aliphatic carbocycles. The van der Waals surface area contributed by atoms with Gasteiger partial charge in [0.25, 0.3) is 10.9 Å². The Kier molecular flexibility index (Phi) is 4.48. The molecule has 0 unspecified atom stereocenters. The zero-order chi connectivity index (χ0) is 19.7. The van der Waals surface area contributed by atoms with E-state index < -0.39 is 17.5 Å². The minimum absolute atomic E-state index is 0.0190. The number of aromatic nitrogens is 2. The fourth-order valence-electron chi connectivity index (χ4n) is 2.86. The van der Waals surface area contributed by atoms with Crippen LogP contribution in [0.1, 0.15) is 5.56 Å². The number of hydrogen-bond acceptors (Lipinski definition) is 6. The van der Waals surface area contributed by atoms with Crippen molar-refractivity contribution < 1.29 is 13.5 Å². The Morgan fingerprint density at radius 3 is 2.71 bits per heavy atom. The molecule has 4 rings (SSSR count). The van der Waals surface area contributed by atoms with Crippen LogP contribution in [-0.2, 0) is 6.54 Å². The van der Waals surface area contributed by atoms with E-state index in [1.807, 2.05) is 0 Å². The highest BCUT2D eigenvalue weighted by molar-refractivity contribution is 5.84. The number of hydrogen-bond donors (Lipinski definition) is 3. The second-order valence-corrected chi connectivity index (χ2v) is 6.05. The fourth-order valence-corrected chi connectivity index (χ4v) is 2.86. The topological polar surface area (TPSA) is 96.1 Å². The largest absolute Gasteiger partial charge is 0.435 e. The molecule has 0 radical (unpaired) electrons. The molecule has 4 aromatic rings. The predicted molar refractivity (Wildman–Crippen MR) is 101 cm³/mol. The van der Waals surface area contributed by atoms with Crippen molar-refractivity contribution in [2.45, 2.75) is 13.2 Å². The van der Waals surface area contributed by atoms with Crippen LogP contribution in [0.15, 0.2) is 58.4 Å². The number of aromatic amines is 1. The molecule has 0 fully saturated rings. The first kappa shape index (κ1) is 17.7. The third-order valence-corrected chi connectivity index (χ3v) is 4.19. The van der Waals surface area contributed by atoms with Crippen LogP contribution in [0, 0.1) is 0 Å². The van der Waals surface area contributed by atoms with Gasteiger partial charge in [-0.25, -0.2) is 4.98 Å². The van der Waals surface area contributed by atoms with Gasteiger partial charge in [-0.05, 0) is 35.9 Å². The lowest BCUT2D eigenvalue weighted by Gasteiger charge is -2.15. The number of alkyl halides is 2. The molecule has 0 atom stereocenters. The molecular formula is C19H14F2N4O3. The number of halogens is 2. The van der Waals surface area contributed by atoms with Gasteiger partial charge in [0.2, 0.25) is 0 Å². The lowest BCUT2D eigenvalue weighted by atomic mass is 10.1. The third-order valence-electron chi connectivity index (χ3n) is 4.19. The van der Waals surface area contributed by atoms with Crippen LogP contribution in [0.4, 0.5) is 25.8 Å². The highest BCUT2D eigenvalue weighted by atomic mass is 19.3. The molecule has 1 aromatic heterocycles. The number of rotatable bonds is 7. The Balaban J connectivity index is 1.50. The van der Waals surface area contributed by atoms with Crippen molar-refractivity contribution in [3.63, 3.8) is 0 Å². The molecule has 7 nitrogen and oxygen atoms in total. The molecule has 0 amide bonds. The summed E-state index contributed by atoms with van der Waals surface area (Å²) in [5.41, 5.74) is 1.86. The molecule has 0 spiro atoms. The number of nitrogens with zero attached hydrogens (tertiary/aromatic N) is 1. The van der Waals surface area contributed by atoms with Crippen molar-refractivity contribution in [3.05, 3.63) is 74.8 Å². The van der Waals surface area contributed by atoms with Gasteiger partial charge in [0.05, 0.1) is 17.4 Å². The second-order valence-electron chi connectivity index (χ2n) is 6.05. The predicted octanol–water partition coefficient (Wildman–Crippen LogP) is 3.12. The van der Waals surface area contributed by atoms with Crippen LogP contribution in [0.2, 0.25) is 0 Å². The van der Waals surface area contributed by atoms with E-state index in [0.717, 1.165) is 11.0 Å². The molecule has 9 heteroatoms. The first-order valence-electron chi connectivity index (χ1n) is 8.32. The highest BCUT2D eigenvalue weighted by Crippen LogP contribution is 2.24. The molecule has 0 saturated carbocycles. The van der Waals surface area contributed by atoms with E-state index in [4.69, 9.17) is 0 Å². The Bertz CT molecular complexity index is 1210. The van der Waals surface area contributed by atoms with Gasteiger partial charge in [-0.2, -0.15) is 8.78 Å². The summed E-state index contributed by atoms with van der Waals surface area (Å²) in [5, 5.41) is 5.82. The number of ether oxygens (including phenoxy) is 1. The molecule has 0 saturated heterocycles. The van der Waals surface area contributed by atoms with Crippen molar-refractivity contribution in [2.75, 3.05) is 10.6 Å². The minimum Gasteiger partial charge on any atom is -0.435 e. The highest BCUT2D eigenvalue weighted by Gasteiger charge is 2.21. The van der Waals surface area contributed by atoms with Gasteiger partial charge in [0.1, 0.15) is 17.1 Å². The number of H-pyrrole nitrogens is 1. The maximum atomic E-state index is 12.3. The van der Waals surface area contributed by atoms with Crippen molar-refractivity contribution in [1.29, 1.82) is 0 Å². The molecule has 28 heavy (non-hydrogen) atoms. The normalized spacial score (nSPS) is 11.2. The molecular weight excluding hydrogens is 370 g/mol. The summed E-state index contributed by atoms with van der Waals surface area (Å²) in [5.74, 6) is 0.0190. The standard InChI is InChI=1S/C19H14F2N4O3/c20-19(21)28-12-3-1-2-10(6-12)8-22-15-16(18(27)17(15)26)25-11-4-5-13-14(7-11)24-9-23-13/h1-7,9,19,22,25H,8H2,(H,23,24). The summed E-state index contributed by atoms with van der Waals surface area (Å²) in [7, 11) is 0. The molecule has 142 valence electrons. The van der Waals surface area contributed by atoms with Crippen molar-refractivity contribution in [1.82, 2.24) is 9.97 Å². The first-order chi connectivity index (χ1) is 13.5. The van der Waals surface area contributed by atoms with Crippen LogP contribution >= 0.6 is 0 Å². The van der Waals surface area contributed by atoms with Gasteiger partial charge in [0, 0.05) is 12.2 Å². The maximum absolute atomic E-state index is 12.3. The average molecular weight is 384 g/mol. The Morgan fingerprint density at radius 1 is 1.07 bits per heavy atom. The Labute approximate surface area is 156 Å². The molecule has 0 aliphatic heterocycles. The smallest absolute Gasteiger partial charge is 0.387 e. The second kappa shape index (κ2) is 7.10. The monoisotopic (exact) mass is 384 g/mol. The van der Waals surface area contributed by atoms with Crippen molar-refractivity contribution >= 4 is 28.1 Å². The van der Waals surface area contributed by atoms with Gasteiger partial charge in [-0.3, -0.25) is 9.59 Å². The summed E-state index contributed by atoms with van der Waals surface area (Å²) in [6.45, 7) is -2.75. The Hall–Kier alpha value is -3.75.